The van der Waals surface area contributed by atoms with Gasteiger partial charge in [-0.1, -0.05) is 0 Å². The van der Waals surface area contributed by atoms with Crippen LogP contribution in [0.4, 0.5) is 0 Å². The van der Waals surface area contributed by atoms with Crippen molar-refractivity contribution in [2.24, 2.45) is 0 Å². The van der Waals surface area contributed by atoms with E-state index in [-0.39, 0.29) is 12.9 Å². The van der Waals surface area contributed by atoms with Crippen LogP contribution in [-0.2, 0) is 9.47 Å². The van der Waals surface area contributed by atoms with Gasteiger partial charge in [-0.25, -0.2) is 0 Å². The first-order chi connectivity index (χ1) is 5.43. The quantitative estimate of drug-likeness (QED) is 0.615. The average molecular weight is 158 g/mol. The fourth-order valence-corrected chi connectivity index (χ4v) is 1.00. The van der Waals surface area contributed by atoms with Gasteiger partial charge in [0, 0.05) is 6.61 Å². The van der Waals surface area contributed by atoms with Crippen LogP contribution in [-0.4, -0.2) is 24.7 Å². The number of rotatable bonds is 2. The second kappa shape index (κ2) is 4.94. The van der Waals surface area contributed by atoms with Gasteiger partial charge >= 0.3 is 6.07 Å². The summed E-state index contributed by atoms with van der Waals surface area (Å²) >= 11 is 0. The second-order valence-corrected chi connectivity index (χ2v) is 2.37. The van der Waals surface area contributed by atoms with Crippen LogP contribution in [0.25, 0.3) is 5.01 Å². The fourth-order valence-electron chi connectivity index (χ4n) is 1.00. The average Bonchev–Trinajstić information content (AvgIpc) is 2.07. The lowest BCUT2D eigenvalue weighted by atomic mass is 10.2. The number of hydrogen-bond acceptors (Lipinski definition) is 3. The standard InChI is InChI=1S/C7H11NO3/c9-8-4-6-11-7-3-1-2-5-10-7/h7H,1-3,5-6H2/p+1. The van der Waals surface area contributed by atoms with Gasteiger partial charge in [-0.3, -0.25) is 0 Å². The second-order valence-electron chi connectivity index (χ2n) is 2.37. The summed E-state index contributed by atoms with van der Waals surface area (Å²) in [5.41, 5.74) is 0. The van der Waals surface area contributed by atoms with Gasteiger partial charge in [-0.05, 0) is 19.3 Å². The van der Waals surface area contributed by atoms with E-state index in [1.165, 1.54) is 0 Å². The highest BCUT2D eigenvalue weighted by molar-refractivity contribution is 4.78. The van der Waals surface area contributed by atoms with E-state index >= 15 is 0 Å². The Balaban J connectivity index is 2.08. The van der Waals surface area contributed by atoms with Gasteiger partial charge in [0.15, 0.2) is 12.9 Å². The van der Waals surface area contributed by atoms with Crippen molar-refractivity contribution >= 4 is 0 Å². The van der Waals surface area contributed by atoms with Crippen LogP contribution in [0.15, 0.2) is 0 Å². The Morgan fingerprint density at radius 2 is 2.55 bits per heavy atom. The molecule has 0 aromatic carbocycles. The van der Waals surface area contributed by atoms with Crippen molar-refractivity contribution in [1.82, 2.24) is 0 Å². The maximum absolute atomic E-state index is 7.99. The lowest BCUT2D eigenvalue weighted by molar-refractivity contribution is -0.154. The first-order valence-corrected chi connectivity index (χ1v) is 3.73. The molecule has 1 atom stereocenters. The SMILES string of the molecule is O[N+]#CCOC1CCCCO1. The van der Waals surface area contributed by atoms with Crippen molar-refractivity contribution in [3.8, 4) is 6.07 Å². The van der Waals surface area contributed by atoms with E-state index in [0.29, 0.717) is 0 Å². The van der Waals surface area contributed by atoms with Crippen LogP contribution < -0.4 is 0 Å². The smallest absolute Gasteiger partial charge is 0.353 e. The minimum Gasteiger partial charge on any atom is -0.353 e. The zero-order valence-electron chi connectivity index (χ0n) is 6.32. The minimum absolute atomic E-state index is 0.127. The lowest BCUT2D eigenvalue weighted by Gasteiger charge is -2.20. The molecule has 0 saturated carbocycles. The Labute approximate surface area is 65.5 Å². The largest absolute Gasteiger partial charge is 0.378 e. The molecule has 1 rings (SSSR count). The monoisotopic (exact) mass is 158 g/mol. The summed E-state index contributed by atoms with van der Waals surface area (Å²) in [7, 11) is 0. The number of hydrogen-bond donors (Lipinski definition) is 1. The van der Waals surface area contributed by atoms with Crippen molar-refractivity contribution in [1.29, 1.82) is 0 Å². The molecule has 0 amide bonds. The molecule has 1 saturated heterocycles. The molecule has 62 valence electrons. The van der Waals surface area contributed by atoms with Crippen LogP contribution >= 0.6 is 0 Å². The van der Waals surface area contributed by atoms with E-state index in [0.717, 1.165) is 25.9 Å². The molecule has 1 N–H and O–H groups in total. The highest BCUT2D eigenvalue weighted by atomic mass is 16.7. The maximum atomic E-state index is 7.99. The zero-order chi connectivity index (χ0) is 7.94. The molecule has 1 unspecified atom stereocenters. The van der Waals surface area contributed by atoms with Gasteiger partial charge in [0.1, 0.15) is 0 Å². The van der Waals surface area contributed by atoms with Crippen LogP contribution in [0.2, 0.25) is 0 Å². The first kappa shape index (κ1) is 8.31. The molecule has 4 heteroatoms. The van der Waals surface area contributed by atoms with E-state index in [9.17, 15) is 0 Å². The molecule has 0 bridgehead atoms. The highest BCUT2D eigenvalue weighted by Gasteiger charge is 2.13. The molecule has 1 aliphatic heterocycles. The van der Waals surface area contributed by atoms with Crippen molar-refractivity contribution < 1.29 is 14.7 Å². The zero-order valence-corrected chi connectivity index (χ0v) is 6.32. The molecular weight excluding hydrogens is 146 g/mol. The predicted octanol–water partition coefficient (Wildman–Crippen LogP) is 1.25. The molecular formula is C7H12NO3+. The van der Waals surface area contributed by atoms with Crippen molar-refractivity contribution in [2.75, 3.05) is 13.2 Å². The van der Waals surface area contributed by atoms with E-state index in [1.54, 1.807) is 0 Å². The third kappa shape index (κ3) is 3.21. The van der Waals surface area contributed by atoms with Gasteiger partial charge in [0.25, 0.3) is 0 Å². The van der Waals surface area contributed by atoms with Crippen LogP contribution in [0.1, 0.15) is 19.3 Å². The topological polar surface area (TPSA) is 43.0 Å². The number of ether oxygens (including phenoxy) is 2. The molecule has 11 heavy (non-hydrogen) atoms. The van der Waals surface area contributed by atoms with Crippen LogP contribution in [0.5, 0.6) is 0 Å². The summed E-state index contributed by atoms with van der Waals surface area (Å²) < 4.78 is 10.4. The Morgan fingerprint density at radius 1 is 1.64 bits per heavy atom. The Bertz CT molecular complexity index is 155. The fraction of sp³-hybridized carbons (Fsp3) is 0.857. The van der Waals surface area contributed by atoms with Gasteiger partial charge in [0.2, 0.25) is 5.01 Å². The van der Waals surface area contributed by atoms with Crippen molar-refractivity contribution in [3.63, 3.8) is 0 Å². The molecule has 1 fully saturated rings. The third-order valence-corrected chi connectivity index (χ3v) is 1.54. The van der Waals surface area contributed by atoms with E-state index < -0.39 is 0 Å². The molecule has 0 radical (unpaired) electrons. The van der Waals surface area contributed by atoms with Crippen LogP contribution in [0, 0.1) is 6.07 Å². The highest BCUT2D eigenvalue weighted by Crippen LogP contribution is 2.12. The lowest BCUT2D eigenvalue weighted by Crippen LogP contribution is -2.22. The summed E-state index contributed by atoms with van der Waals surface area (Å²) in [6, 6.07) is 2.27. The Hall–Kier alpha value is -0.790. The molecule has 0 spiro atoms. The Morgan fingerprint density at radius 3 is 3.18 bits per heavy atom. The summed E-state index contributed by atoms with van der Waals surface area (Å²) in [6.45, 7) is 0.960. The molecule has 0 aromatic heterocycles. The van der Waals surface area contributed by atoms with E-state index in [1.807, 2.05) is 0 Å². The molecule has 1 aliphatic rings. The van der Waals surface area contributed by atoms with Crippen molar-refractivity contribution in [3.05, 3.63) is 5.01 Å². The summed E-state index contributed by atoms with van der Waals surface area (Å²) in [6.07, 6.45) is 3.05. The summed E-state index contributed by atoms with van der Waals surface area (Å²) in [5, 5.41) is 10.7. The van der Waals surface area contributed by atoms with Gasteiger partial charge < -0.3 is 9.47 Å². The van der Waals surface area contributed by atoms with Crippen LogP contribution in [0.3, 0.4) is 0 Å². The molecule has 1 heterocycles. The molecule has 0 aromatic rings. The Kier molecular flexibility index (Phi) is 3.73. The maximum Gasteiger partial charge on any atom is 0.378 e. The first-order valence-electron chi connectivity index (χ1n) is 3.73. The van der Waals surface area contributed by atoms with Gasteiger partial charge in [0.05, 0.1) is 0 Å². The van der Waals surface area contributed by atoms with E-state index in [4.69, 9.17) is 14.7 Å². The van der Waals surface area contributed by atoms with Gasteiger partial charge in [-0.15, -0.1) is 0 Å². The van der Waals surface area contributed by atoms with E-state index in [2.05, 4.69) is 11.1 Å². The minimum atomic E-state index is -0.127. The normalized spacial score (nSPS) is 23.8. The predicted molar refractivity (Wildman–Crippen MR) is 38.6 cm³/mol. The summed E-state index contributed by atoms with van der Waals surface area (Å²) in [4.78, 5) is 0. The third-order valence-electron chi connectivity index (χ3n) is 1.54. The number of nitrogens with zero attached hydrogens (tertiary/aromatic N) is 1. The van der Waals surface area contributed by atoms with Crippen molar-refractivity contribution in [2.45, 2.75) is 25.6 Å². The molecule has 4 nitrogen and oxygen atoms in total. The van der Waals surface area contributed by atoms with Gasteiger partial charge in [-0.2, -0.15) is 5.21 Å². The molecule has 0 aliphatic carbocycles. The summed E-state index contributed by atoms with van der Waals surface area (Å²) in [5.74, 6) is 0.